The second-order valence-electron chi connectivity index (χ2n) is 3.67. The number of hydrogen-bond donors (Lipinski definition) is 1. The first-order chi connectivity index (χ1) is 7.02. The topological polar surface area (TPSA) is 28.2 Å². The smallest absolute Gasteiger partial charge is 0.168 e. The SMILES string of the molecule is CNC(=S)N(C)Cc1cc(C)nc(C)c1. The molecule has 0 bridgehead atoms. The lowest BCUT2D eigenvalue weighted by Crippen LogP contribution is -2.34. The average Bonchev–Trinajstić information content (AvgIpc) is 2.14. The molecule has 0 aromatic carbocycles. The number of thiocarbonyl (C=S) groups is 1. The van der Waals surface area contributed by atoms with Crippen molar-refractivity contribution in [2.24, 2.45) is 0 Å². The van der Waals surface area contributed by atoms with E-state index in [4.69, 9.17) is 12.2 Å². The molecule has 82 valence electrons. The zero-order valence-electron chi connectivity index (χ0n) is 9.66. The van der Waals surface area contributed by atoms with Crippen LogP contribution in [0.5, 0.6) is 0 Å². The van der Waals surface area contributed by atoms with Gasteiger partial charge in [-0.3, -0.25) is 4.98 Å². The Bertz CT molecular complexity index is 343. The third-order valence-electron chi connectivity index (χ3n) is 2.12. The van der Waals surface area contributed by atoms with Crippen LogP contribution < -0.4 is 5.32 Å². The van der Waals surface area contributed by atoms with Gasteiger partial charge in [0, 0.05) is 32.0 Å². The zero-order valence-corrected chi connectivity index (χ0v) is 10.5. The molecular weight excluding hydrogens is 206 g/mol. The van der Waals surface area contributed by atoms with Gasteiger partial charge in [-0.2, -0.15) is 0 Å². The molecule has 1 aromatic rings. The molecule has 4 heteroatoms. The Morgan fingerprint density at radius 1 is 1.40 bits per heavy atom. The number of aryl methyl sites for hydroxylation is 2. The van der Waals surface area contributed by atoms with Crippen LogP contribution in [0.15, 0.2) is 12.1 Å². The number of pyridine rings is 1. The average molecular weight is 223 g/mol. The van der Waals surface area contributed by atoms with Crippen LogP contribution in [0.4, 0.5) is 0 Å². The molecule has 0 unspecified atom stereocenters. The summed E-state index contributed by atoms with van der Waals surface area (Å²) in [5.41, 5.74) is 3.34. The lowest BCUT2D eigenvalue weighted by Gasteiger charge is -2.19. The summed E-state index contributed by atoms with van der Waals surface area (Å²) in [6, 6.07) is 4.17. The fourth-order valence-corrected chi connectivity index (χ4v) is 1.61. The summed E-state index contributed by atoms with van der Waals surface area (Å²) in [6.45, 7) is 4.82. The summed E-state index contributed by atoms with van der Waals surface area (Å²) in [5, 5.41) is 3.71. The van der Waals surface area contributed by atoms with E-state index in [0.717, 1.165) is 23.0 Å². The number of rotatable bonds is 2. The van der Waals surface area contributed by atoms with Gasteiger partial charge in [0.1, 0.15) is 0 Å². The van der Waals surface area contributed by atoms with Crippen LogP contribution in [-0.4, -0.2) is 29.1 Å². The number of nitrogens with one attached hydrogen (secondary N) is 1. The van der Waals surface area contributed by atoms with E-state index in [-0.39, 0.29) is 0 Å². The molecule has 1 aromatic heterocycles. The molecule has 1 heterocycles. The normalized spacial score (nSPS) is 9.87. The van der Waals surface area contributed by atoms with E-state index < -0.39 is 0 Å². The Labute approximate surface area is 96.5 Å². The van der Waals surface area contributed by atoms with Gasteiger partial charge in [-0.1, -0.05) is 0 Å². The highest BCUT2D eigenvalue weighted by Gasteiger charge is 2.04. The third-order valence-corrected chi connectivity index (χ3v) is 2.64. The quantitative estimate of drug-likeness (QED) is 0.771. The second-order valence-corrected chi connectivity index (χ2v) is 4.06. The zero-order chi connectivity index (χ0) is 11.4. The van der Waals surface area contributed by atoms with Gasteiger partial charge in [-0.05, 0) is 43.8 Å². The summed E-state index contributed by atoms with van der Waals surface area (Å²) in [5.74, 6) is 0. The molecule has 0 radical (unpaired) electrons. The minimum atomic E-state index is 0.752. The maximum absolute atomic E-state index is 5.14. The maximum Gasteiger partial charge on any atom is 0.168 e. The van der Waals surface area contributed by atoms with Crippen molar-refractivity contribution >= 4 is 17.3 Å². The lowest BCUT2D eigenvalue weighted by atomic mass is 10.2. The number of hydrogen-bond acceptors (Lipinski definition) is 2. The lowest BCUT2D eigenvalue weighted by molar-refractivity contribution is 0.494. The Balaban J connectivity index is 2.76. The first-order valence-electron chi connectivity index (χ1n) is 4.90. The predicted molar refractivity (Wildman–Crippen MR) is 66.8 cm³/mol. The van der Waals surface area contributed by atoms with E-state index in [1.54, 1.807) is 0 Å². The predicted octanol–water partition coefficient (Wildman–Crippen LogP) is 1.63. The molecular formula is C11H17N3S. The van der Waals surface area contributed by atoms with E-state index in [2.05, 4.69) is 22.4 Å². The third kappa shape index (κ3) is 3.47. The van der Waals surface area contributed by atoms with Crippen LogP contribution in [0.25, 0.3) is 0 Å². The molecule has 1 rings (SSSR count). The Morgan fingerprint density at radius 3 is 2.40 bits per heavy atom. The molecule has 0 amide bonds. The van der Waals surface area contributed by atoms with Crippen molar-refractivity contribution in [1.29, 1.82) is 0 Å². The standard InChI is InChI=1S/C11H17N3S/c1-8-5-10(6-9(2)13-8)7-14(4)11(15)12-3/h5-6H,7H2,1-4H3,(H,12,15). The summed E-state index contributed by atoms with van der Waals surface area (Å²) >= 11 is 5.14. The molecule has 0 spiro atoms. The van der Waals surface area contributed by atoms with Gasteiger partial charge in [0.15, 0.2) is 5.11 Å². The van der Waals surface area contributed by atoms with E-state index in [9.17, 15) is 0 Å². The largest absolute Gasteiger partial charge is 0.366 e. The summed E-state index contributed by atoms with van der Waals surface area (Å²) in [7, 11) is 3.81. The minimum Gasteiger partial charge on any atom is -0.366 e. The fraction of sp³-hybridized carbons (Fsp3) is 0.455. The van der Waals surface area contributed by atoms with Gasteiger partial charge in [-0.25, -0.2) is 0 Å². The van der Waals surface area contributed by atoms with Crippen molar-refractivity contribution in [3.63, 3.8) is 0 Å². The van der Waals surface area contributed by atoms with Crippen LogP contribution in [0.1, 0.15) is 17.0 Å². The molecule has 0 aliphatic carbocycles. The van der Waals surface area contributed by atoms with Gasteiger partial charge >= 0.3 is 0 Å². The van der Waals surface area contributed by atoms with Crippen LogP contribution in [0.3, 0.4) is 0 Å². The van der Waals surface area contributed by atoms with Gasteiger partial charge in [-0.15, -0.1) is 0 Å². The van der Waals surface area contributed by atoms with Crippen LogP contribution in [0, 0.1) is 13.8 Å². The van der Waals surface area contributed by atoms with Gasteiger partial charge in [0.25, 0.3) is 0 Å². The van der Waals surface area contributed by atoms with Crippen molar-refractivity contribution in [1.82, 2.24) is 15.2 Å². The molecule has 0 saturated carbocycles. The fourth-order valence-electron chi connectivity index (χ4n) is 1.55. The first-order valence-corrected chi connectivity index (χ1v) is 5.30. The van der Waals surface area contributed by atoms with Crippen LogP contribution in [0.2, 0.25) is 0 Å². The van der Waals surface area contributed by atoms with Crippen LogP contribution in [-0.2, 0) is 6.54 Å². The number of nitrogens with zero attached hydrogens (tertiary/aromatic N) is 2. The summed E-state index contributed by atoms with van der Waals surface area (Å²) in [4.78, 5) is 6.34. The molecule has 0 aliphatic rings. The van der Waals surface area contributed by atoms with E-state index in [1.807, 2.05) is 32.8 Å². The molecule has 0 fully saturated rings. The van der Waals surface area contributed by atoms with Crippen molar-refractivity contribution in [2.45, 2.75) is 20.4 Å². The molecule has 1 N–H and O–H groups in total. The monoisotopic (exact) mass is 223 g/mol. The van der Waals surface area contributed by atoms with E-state index in [1.165, 1.54) is 5.56 Å². The molecule has 0 saturated heterocycles. The van der Waals surface area contributed by atoms with Gasteiger partial charge in [0.2, 0.25) is 0 Å². The molecule has 0 atom stereocenters. The second kappa shape index (κ2) is 5.07. The van der Waals surface area contributed by atoms with Crippen molar-refractivity contribution in [3.05, 3.63) is 29.1 Å². The van der Waals surface area contributed by atoms with Crippen molar-refractivity contribution in [2.75, 3.05) is 14.1 Å². The van der Waals surface area contributed by atoms with Crippen molar-refractivity contribution in [3.8, 4) is 0 Å². The van der Waals surface area contributed by atoms with Crippen LogP contribution >= 0.6 is 12.2 Å². The van der Waals surface area contributed by atoms with Gasteiger partial charge in [0.05, 0.1) is 0 Å². The Morgan fingerprint density at radius 2 is 1.93 bits per heavy atom. The van der Waals surface area contributed by atoms with E-state index in [0.29, 0.717) is 0 Å². The van der Waals surface area contributed by atoms with E-state index >= 15 is 0 Å². The molecule has 3 nitrogen and oxygen atoms in total. The minimum absolute atomic E-state index is 0.752. The Hall–Kier alpha value is -1.16. The van der Waals surface area contributed by atoms with Crippen molar-refractivity contribution < 1.29 is 0 Å². The molecule has 15 heavy (non-hydrogen) atoms. The maximum atomic E-state index is 5.14. The summed E-state index contributed by atoms with van der Waals surface area (Å²) < 4.78 is 0. The highest BCUT2D eigenvalue weighted by Crippen LogP contribution is 2.07. The van der Waals surface area contributed by atoms with Gasteiger partial charge < -0.3 is 10.2 Å². The number of aromatic nitrogens is 1. The highest BCUT2D eigenvalue weighted by molar-refractivity contribution is 7.80. The Kier molecular flexibility index (Phi) is 4.03. The summed E-state index contributed by atoms with van der Waals surface area (Å²) in [6.07, 6.45) is 0. The molecule has 0 aliphatic heterocycles. The highest BCUT2D eigenvalue weighted by atomic mass is 32.1. The first kappa shape index (κ1) is 11.9.